The maximum Gasteiger partial charge on any atom is 0.411 e. The van der Waals surface area contributed by atoms with E-state index in [1.807, 2.05) is 24.3 Å². The van der Waals surface area contributed by atoms with Crippen molar-refractivity contribution in [3.63, 3.8) is 0 Å². The lowest BCUT2D eigenvalue weighted by molar-refractivity contribution is 0.168. The molecule has 1 heterocycles. The van der Waals surface area contributed by atoms with E-state index in [0.29, 0.717) is 12.5 Å². The van der Waals surface area contributed by atoms with Crippen LogP contribution in [0.25, 0.3) is 0 Å². The fourth-order valence-corrected chi connectivity index (χ4v) is 2.32. The maximum atomic E-state index is 11.3. The molecule has 5 nitrogen and oxygen atoms in total. The first-order chi connectivity index (χ1) is 9.78. The zero-order valence-electron chi connectivity index (χ0n) is 11.9. The van der Waals surface area contributed by atoms with E-state index in [2.05, 4.69) is 16.0 Å². The summed E-state index contributed by atoms with van der Waals surface area (Å²) in [6, 6.07) is 7.69. The molecule has 1 fully saturated rings. The first kappa shape index (κ1) is 14.7. The summed E-state index contributed by atoms with van der Waals surface area (Å²) in [6.45, 7) is 5.38. The van der Waals surface area contributed by atoms with Crippen LogP contribution in [0.3, 0.4) is 0 Å². The standard InChI is InChI=1S/C15H23N3O2/c1-2-20-15(19)18-14-7-5-13(6-8-14)17-11-12-4-3-9-16-10-12/h5-8,12,16-17H,2-4,9-11H2,1H3,(H,18,19). The maximum absolute atomic E-state index is 11.3. The Bertz CT molecular complexity index is 414. The molecule has 0 aromatic heterocycles. The Hall–Kier alpha value is -1.75. The number of amides is 1. The van der Waals surface area contributed by atoms with E-state index in [9.17, 15) is 4.79 Å². The highest BCUT2D eigenvalue weighted by atomic mass is 16.5. The van der Waals surface area contributed by atoms with Gasteiger partial charge in [0.15, 0.2) is 0 Å². The van der Waals surface area contributed by atoms with Crippen LogP contribution in [0.15, 0.2) is 24.3 Å². The van der Waals surface area contributed by atoms with Gasteiger partial charge in [0.1, 0.15) is 0 Å². The third-order valence-electron chi connectivity index (χ3n) is 3.40. The Labute approximate surface area is 120 Å². The summed E-state index contributed by atoms with van der Waals surface area (Å²) in [5, 5.41) is 9.53. The van der Waals surface area contributed by atoms with E-state index in [-0.39, 0.29) is 0 Å². The van der Waals surface area contributed by atoms with Gasteiger partial charge in [0, 0.05) is 17.9 Å². The summed E-state index contributed by atoms with van der Waals surface area (Å²) in [5.74, 6) is 0.695. The van der Waals surface area contributed by atoms with Crippen molar-refractivity contribution in [2.75, 3.05) is 36.9 Å². The largest absolute Gasteiger partial charge is 0.450 e. The minimum absolute atomic E-state index is 0.376. The second kappa shape index (κ2) is 7.75. The third-order valence-corrected chi connectivity index (χ3v) is 3.40. The summed E-state index contributed by atoms with van der Waals surface area (Å²) in [6.07, 6.45) is 2.12. The van der Waals surface area contributed by atoms with Gasteiger partial charge in [0.2, 0.25) is 0 Å². The van der Waals surface area contributed by atoms with Gasteiger partial charge in [-0.1, -0.05) is 0 Å². The lowest BCUT2D eigenvalue weighted by Gasteiger charge is -2.23. The Kier molecular flexibility index (Phi) is 5.68. The molecule has 1 aromatic rings. The van der Waals surface area contributed by atoms with E-state index in [1.54, 1.807) is 6.92 Å². The molecule has 1 unspecified atom stereocenters. The number of ether oxygens (including phenoxy) is 1. The van der Waals surface area contributed by atoms with Crippen molar-refractivity contribution in [2.45, 2.75) is 19.8 Å². The quantitative estimate of drug-likeness (QED) is 0.774. The molecule has 0 radical (unpaired) electrons. The van der Waals surface area contributed by atoms with Crippen LogP contribution in [-0.2, 0) is 4.74 Å². The Balaban J connectivity index is 1.77. The first-order valence-electron chi connectivity index (χ1n) is 7.26. The molecule has 1 atom stereocenters. The molecule has 110 valence electrons. The van der Waals surface area contributed by atoms with Gasteiger partial charge in [-0.15, -0.1) is 0 Å². The summed E-state index contributed by atoms with van der Waals surface area (Å²) < 4.78 is 4.83. The summed E-state index contributed by atoms with van der Waals surface area (Å²) in [7, 11) is 0. The van der Waals surface area contributed by atoms with Crippen molar-refractivity contribution < 1.29 is 9.53 Å². The number of nitrogens with one attached hydrogen (secondary N) is 3. The van der Waals surface area contributed by atoms with Gasteiger partial charge in [-0.3, -0.25) is 5.32 Å². The number of rotatable bonds is 5. The predicted octanol–water partition coefficient (Wildman–Crippen LogP) is 2.67. The molecule has 1 saturated heterocycles. The van der Waals surface area contributed by atoms with Gasteiger partial charge in [0.25, 0.3) is 0 Å². The molecular weight excluding hydrogens is 254 g/mol. The monoisotopic (exact) mass is 277 g/mol. The van der Waals surface area contributed by atoms with Crippen LogP contribution in [0, 0.1) is 5.92 Å². The van der Waals surface area contributed by atoms with Crippen LogP contribution in [-0.4, -0.2) is 32.3 Å². The van der Waals surface area contributed by atoms with Crippen molar-refractivity contribution >= 4 is 17.5 Å². The SMILES string of the molecule is CCOC(=O)Nc1ccc(NCC2CCCNC2)cc1. The molecular formula is C15H23N3O2. The number of carbonyl (C=O) groups excluding carboxylic acids is 1. The molecule has 3 N–H and O–H groups in total. The fraction of sp³-hybridized carbons (Fsp3) is 0.533. The van der Waals surface area contributed by atoms with Crippen LogP contribution in [0.4, 0.5) is 16.2 Å². The molecule has 20 heavy (non-hydrogen) atoms. The number of piperidine rings is 1. The van der Waals surface area contributed by atoms with Crippen molar-refractivity contribution in [1.82, 2.24) is 5.32 Å². The van der Waals surface area contributed by atoms with Crippen molar-refractivity contribution in [3.8, 4) is 0 Å². The lowest BCUT2D eigenvalue weighted by Crippen LogP contribution is -2.33. The molecule has 0 aliphatic carbocycles. The highest BCUT2D eigenvalue weighted by Gasteiger charge is 2.12. The van der Waals surface area contributed by atoms with Gasteiger partial charge >= 0.3 is 6.09 Å². The molecule has 1 aromatic carbocycles. The first-order valence-corrected chi connectivity index (χ1v) is 7.26. The van der Waals surface area contributed by atoms with E-state index >= 15 is 0 Å². The van der Waals surface area contributed by atoms with Crippen LogP contribution in [0.2, 0.25) is 0 Å². The van der Waals surface area contributed by atoms with Gasteiger partial charge in [-0.25, -0.2) is 4.79 Å². The van der Waals surface area contributed by atoms with Gasteiger partial charge in [0.05, 0.1) is 6.61 Å². The number of carbonyl (C=O) groups is 1. The highest BCUT2D eigenvalue weighted by molar-refractivity contribution is 5.84. The third kappa shape index (κ3) is 4.74. The Morgan fingerprint density at radius 3 is 2.75 bits per heavy atom. The van der Waals surface area contributed by atoms with E-state index < -0.39 is 6.09 Å². The summed E-state index contributed by atoms with van der Waals surface area (Å²) in [5.41, 5.74) is 1.82. The van der Waals surface area contributed by atoms with Crippen LogP contribution in [0.1, 0.15) is 19.8 Å². The number of hydrogen-bond donors (Lipinski definition) is 3. The zero-order valence-corrected chi connectivity index (χ0v) is 11.9. The molecule has 1 aliphatic heterocycles. The molecule has 1 aliphatic rings. The Morgan fingerprint density at radius 1 is 1.35 bits per heavy atom. The summed E-state index contributed by atoms with van der Waals surface area (Å²) >= 11 is 0. The predicted molar refractivity (Wildman–Crippen MR) is 81.2 cm³/mol. The molecule has 5 heteroatoms. The molecule has 0 saturated carbocycles. The average molecular weight is 277 g/mol. The van der Waals surface area contributed by atoms with Crippen molar-refractivity contribution in [3.05, 3.63) is 24.3 Å². The molecule has 2 rings (SSSR count). The van der Waals surface area contributed by atoms with Gasteiger partial charge in [-0.2, -0.15) is 0 Å². The van der Waals surface area contributed by atoms with Crippen LogP contribution < -0.4 is 16.0 Å². The van der Waals surface area contributed by atoms with Crippen LogP contribution in [0.5, 0.6) is 0 Å². The second-order valence-corrected chi connectivity index (χ2v) is 5.02. The number of benzene rings is 1. The van der Waals surface area contributed by atoms with Gasteiger partial charge in [-0.05, 0) is 63.0 Å². The smallest absolute Gasteiger partial charge is 0.411 e. The Morgan fingerprint density at radius 2 is 2.10 bits per heavy atom. The van der Waals surface area contributed by atoms with Crippen molar-refractivity contribution in [1.29, 1.82) is 0 Å². The second-order valence-electron chi connectivity index (χ2n) is 5.02. The fourth-order valence-electron chi connectivity index (χ4n) is 2.32. The molecule has 0 spiro atoms. The van der Waals surface area contributed by atoms with E-state index in [1.165, 1.54) is 12.8 Å². The van der Waals surface area contributed by atoms with E-state index in [4.69, 9.17) is 4.74 Å². The number of anilines is 2. The number of hydrogen-bond acceptors (Lipinski definition) is 4. The highest BCUT2D eigenvalue weighted by Crippen LogP contribution is 2.16. The molecule has 1 amide bonds. The lowest BCUT2D eigenvalue weighted by atomic mass is 10.00. The van der Waals surface area contributed by atoms with Gasteiger partial charge < -0.3 is 15.4 Å². The zero-order chi connectivity index (χ0) is 14.2. The minimum Gasteiger partial charge on any atom is -0.450 e. The normalized spacial score (nSPS) is 18.4. The molecule has 0 bridgehead atoms. The summed E-state index contributed by atoms with van der Waals surface area (Å²) in [4.78, 5) is 11.3. The minimum atomic E-state index is -0.415. The van der Waals surface area contributed by atoms with Crippen molar-refractivity contribution in [2.24, 2.45) is 5.92 Å². The van der Waals surface area contributed by atoms with E-state index in [0.717, 1.165) is 31.0 Å². The van der Waals surface area contributed by atoms with Crippen LogP contribution >= 0.6 is 0 Å². The average Bonchev–Trinajstić information content (AvgIpc) is 2.48. The topological polar surface area (TPSA) is 62.4 Å².